The van der Waals surface area contributed by atoms with Crippen LogP contribution < -0.4 is 16.4 Å². The summed E-state index contributed by atoms with van der Waals surface area (Å²) in [6.07, 6.45) is 4.27. The summed E-state index contributed by atoms with van der Waals surface area (Å²) in [6, 6.07) is 0. The molecule has 1 atom stereocenters. The largest absolute Gasteiger partial charge is 0.309 e. The minimum absolute atomic E-state index is 0.0868. The van der Waals surface area contributed by atoms with Crippen LogP contribution in [0.25, 0.3) is 10.2 Å². The van der Waals surface area contributed by atoms with Crippen LogP contribution in [-0.2, 0) is 28.2 Å². The summed E-state index contributed by atoms with van der Waals surface area (Å²) in [5.41, 5.74) is 5.91. The van der Waals surface area contributed by atoms with E-state index >= 15 is 0 Å². The Balaban J connectivity index is 1.64. The second-order valence-corrected chi connectivity index (χ2v) is 9.40. The van der Waals surface area contributed by atoms with E-state index in [0.29, 0.717) is 11.6 Å². The van der Waals surface area contributed by atoms with E-state index < -0.39 is 5.25 Å². The van der Waals surface area contributed by atoms with Crippen LogP contribution in [0.5, 0.6) is 0 Å². The molecule has 7 nitrogen and oxygen atoms in total. The summed E-state index contributed by atoms with van der Waals surface area (Å²) in [6.45, 7) is 5.25. The number of aryl methyl sites for hydroxylation is 2. The average Bonchev–Trinajstić information content (AvgIpc) is 3.02. The molecule has 3 rings (SSSR count). The van der Waals surface area contributed by atoms with Crippen LogP contribution in [0.1, 0.15) is 49.9 Å². The van der Waals surface area contributed by atoms with E-state index in [-0.39, 0.29) is 23.3 Å². The lowest BCUT2D eigenvalue weighted by Crippen LogP contribution is -2.46. The van der Waals surface area contributed by atoms with E-state index in [2.05, 4.69) is 20.8 Å². The maximum absolute atomic E-state index is 12.5. The second-order valence-electron chi connectivity index (χ2n) is 6.99. The molecule has 0 fully saturated rings. The first-order chi connectivity index (χ1) is 12.9. The fraction of sp³-hybridized carbons (Fsp3) is 0.556. The third-order valence-corrected chi connectivity index (χ3v) is 6.89. The first-order valence-corrected chi connectivity index (χ1v) is 11.0. The van der Waals surface area contributed by atoms with Crippen LogP contribution >= 0.6 is 23.1 Å². The molecule has 2 amide bonds. The van der Waals surface area contributed by atoms with Crippen LogP contribution in [0.2, 0.25) is 0 Å². The number of fused-ring (bicyclic) bond motifs is 3. The van der Waals surface area contributed by atoms with Crippen LogP contribution in [-0.4, -0.2) is 27.0 Å². The van der Waals surface area contributed by atoms with Gasteiger partial charge in [0.05, 0.1) is 16.4 Å². The quantitative estimate of drug-likeness (QED) is 0.659. The zero-order valence-corrected chi connectivity index (χ0v) is 17.3. The van der Waals surface area contributed by atoms with Gasteiger partial charge in [-0.1, -0.05) is 13.8 Å². The van der Waals surface area contributed by atoms with Crippen molar-refractivity contribution in [2.45, 2.75) is 57.5 Å². The third-order valence-electron chi connectivity index (χ3n) is 4.55. The summed E-state index contributed by atoms with van der Waals surface area (Å²) in [5, 5.41) is 0.348. The molecule has 2 aromatic rings. The lowest BCUT2D eigenvalue weighted by Gasteiger charge is -2.13. The molecule has 0 bridgehead atoms. The predicted octanol–water partition coefficient (Wildman–Crippen LogP) is 2.29. The van der Waals surface area contributed by atoms with E-state index in [1.807, 2.05) is 0 Å². The van der Waals surface area contributed by atoms with Crippen molar-refractivity contribution in [2.75, 3.05) is 0 Å². The number of aromatic amines is 1. The number of carbonyl (C=O) groups is 2. The van der Waals surface area contributed by atoms with Gasteiger partial charge in [-0.15, -0.1) is 23.1 Å². The Labute approximate surface area is 165 Å². The van der Waals surface area contributed by atoms with Crippen molar-refractivity contribution in [3.63, 3.8) is 0 Å². The number of carbonyl (C=O) groups excluding carboxylic acids is 2. The molecular formula is C18H24N4O3S2. The van der Waals surface area contributed by atoms with Crippen molar-refractivity contribution in [3.8, 4) is 0 Å². The zero-order valence-electron chi connectivity index (χ0n) is 15.7. The van der Waals surface area contributed by atoms with Crippen molar-refractivity contribution in [1.82, 2.24) is 20.8 Å². The molecule has 27 heavy (non-hydrogen) atoms. The number of hydrogen-bond acceptors (Lipinski definition) is 6. The van der Waals surface area contributed by atoms with Gasteiger partial charge in [0.2, 0.25) is 5.91 Å². The zero-order chi connectivity index (χ0) is 19.6. The molecule has 2 aromatic heterocycles. The van der Waals surface area contributed by atoms with Crippen LogP contribution in [0, 0.1) is 5.92 Å². The van der Waals surface area contributed by atoms with E-state index in [9.17, 15) is 14.4 Å². The fourth-order valence-electron chi connectivity index (χ4n) is 2.93. The number of H-pyrrole nitrogens is 1. The summed E-state index contributed by atoms with van der Waals surface area (Å²) in [5.74, 6) is 0.260. The summed E-state index contributed by atoms with van der Waals surface area (Å²) < 4.78 is 0. The number of hydrogen-bond donors (Lipinski definition) is 3. The highest BCUT2D eigenvalue weighted by Gasteiger charge is 2.20. The molecule has 1 unspecified atom stereocenters. The van der Waals surface area contributed by atoms with Crippen molar-refractivity contribution in [3.05, 3.63) is 26.6 Å². The maximum atomic E-state index is 12.5. The van der Waals surface area contributed by atoms with E-state index in [4.69, 9.17) is 0 Å². The molecule has 0 aliphatic heterocycles. The van der Waals surface area contributed by atoms with Crippen LogP contribution in [0.4, 0.5) is 0 Å². The van der Waals surface area contributed by atoms with Crippen molar-refractivity contribution in [2.24, 2.45) is 5.92 Å². The number of rotatable bonds is 5. The van der Waals surface area contributed by atoms with Crippen LogP contribution in [0.3, 0.4) is 0 Å². The molecule has 0 saturated carbocycles. The van der Waals surface area contributed by atoms with Gasteiger partial charge in [0.25, 0.3) is 11.5 Å². The molecule has 0 aromatic carbocycles. The maximum Gasteiger partial charge on any atom is 0.259 e. The van der Waals surface area contributed by atoms with Gasteiger partial charge in [-0.2, -0.15) is 0 Å². The average molecular weight is 409 g/mol. The lowest BCUT2D eigenvalue weighted by atomic mass is 9.97. The van der Waals surface area contributed by atoms with Gasteiger partial charge in [-0.3, -0.25) is 25.2 Å². The molecule has 3 N–H and O–H groups in total. The first-order valence-electron chi connectivity index (χ1n) is 9.11. The van der Waals surface area contributed by atoms with E-state index in [1.54, 1.807) is 32.1 Å². The monoisotopic (exact) mass is 408 g/mol. The van der Waals surface area contributed by atoms with Crippen molar-refractivity contribution in [1.29, 1.82) is 0 Å². The van der Waals surface area contributed by atoms with Crippen molar-refractivity contribution < 1.29 is 9.59 Å². The lowest BCUT2D eigenvalue weighted by molar-refractivity contribution is -0.130. The minimum Gasteiger partial charge on any atom is -0.309 e. The molecular weight excluding hydrogens is 384 g/mol. The number of aromatic nitrogens is 2. The normalized spacial score (nSPS) is 14.8. The van der Waals surface area contributed by atoms with Gasteiger partial charge >= 0.3 is 0 Å². The summed E-state index contributed by atoms with van der Waals surface area (Å²) in [4.78, 5) is 45.7. The molecule has 0 saturated heterocycles. The summed E-state index contributed by atoms with van der Waals surface area (Å²) in [7, 11) is 0. The minimum atomic E-state index is -0.394. The highest BCUT2D eigenvalue weighted by molar-refractivity contribution is 7.99. The number of thioether (sulfide) groups is 1. The Hall–Kier alpha value is -1.87. The summed E-state index contributed by atoms with van der Waals surface area (Å²) >= 11 is 2.97. The number of hydrazine groups is 1. The van der Waals surface area contributed by atoms with Gasteiger partial charge in [0, 0.05) is 10.8 Å². The van der Waals surface area contributed by atoms with Crippen molar-refractivity contribution >= 4 is 45.1 Å². The second kappa shape index (κ2) is 8.43. The number of nitrogens with one attached hydrogen (secondary N) is 3. The number of thiophene rings is 1. The molecule has 9 heteroatoms. The Morgan fingerprint density at radius 1 is 1.19 bits per heavy atom. The molecule has 0 radical (unpaired) electrons. The molecule has 0 spiro atoms. The highest BCUT2D eigenvalue weighted by Crippen LogP contribution is 2.33. The van der Waals surface area contributed by atoms with E-state index in [1.165, 1.54) is 28.6 Å². The molecule has 146 valence electrons. The van der Waals surface area contributed by atoms with Crippen LogP contribution in [0.15, 0.2) is 4.79 Å². The fourth-order valence-corrected chi connectivity index (χ4v) is 4.96. The third kappa shape index (κ3) is 4.52. The topological polar surface area (TPSA) is 104 Å². The first kappa shape index (κ1) is 19.9. The number of nitrogens with zero attached hydrogens (tertiary/aromatic N) is 1. The van der Waals surface area contributed by atoms with Gasteiger partial charge in [-0.25, -0.2) is 4.98 Å². The Morgan fingerprint density at radius 3 is 2.63 bits per heavy atom. The van der Waals surface area contributed by atoms with Gasteiger partial charge in [0.1, 0.15) is 10.7 Å². The Morgan fingerprint density at radius 2 is 1.89 bits per heavy atom. The highest BCUT2D eigenvalue weighted by atomic mass is 32.2. The predicted molar refractivity (Wildman–Crippen MR) is 109 cm³/mol. The molecule has 1 aliphatic rings. The Bertz CT molecular complexity index is 919. The van der Waals surface area contributed by atoms with Gasteiger partial charge in [-0.05, 0) is 38.2 Å². The molecule has 2 heterocycles. The molecule has 1 aliphatic carbocycles. The van der Waals surface area contributed by atoms with E-state index in [0.717, 1.165) is 29.5 Å². The SMILES string of the molecule is CC(C)C(=O)NNC(=O)C(C)SCc1nc2sc3c(c2c(=O)[nH]1)CCCC3. The standard InChI is InChI=1S/C18H24N4O3S2/c1-9(2)15(23)21-22-16(24)10(3)26-8-13-19-17(25)14-11-6-4-5-7-12(11)27-18(14)20-13/h9-10H,4-8H2,1-3H3,(H,21,23)(H,22,24)(H,19,20,25). The Kier molecular flexibility index (Phi) is 6.21. The van der Waals surface area contributed by atoms with Gasteiger partial charge < -0.3 is 4.98 Å². The smallest absolute Gasteiger partial charge is 0.259 e. The van der Waals surface area contributed by atoms with Gasteiger partial charge in [0.15, 0.2) is 0 Å². The number of amides is 2.